The van der Waals surface area contributed by atoms with Gasteiger partial charge in [0.25, 0.3) is 5.91 Å². The van der Waals surface area contributed by atoms with Crippen LogP contribution in [0.5, 0.6) is 5.75 Å². The summed E-state index contributed by atoms with van der Waals surface area (Å²) >= 11 is 6.26. The highest BCUT2D eigenvalue weighted by molar-refractivity contribution is 6.32. The molecule has 1 amide bonds. The zero-order valence-corrected chi connectivity index (χ0v) is 22.1. The second-order valence-electron chi connectivity index (χ2n) is 9.68. The van der Waals surface area contributed by atoms with E-state index < -0.39 is 5.97 Å². The lowest BCUT2D eigenvalue weighted by molar-refractivity contribution is -0.136. The number of carbonyl (C=O) groups excluding carboxylic acids is 1. The van der Waals surface area contributed by atoms with Gasteiger partial charge in [-0.25, -0.2) is 0 Å². The van der Waals surface area contributed by atoms with Crippen LogP contribution in [0, 0.1) is 19.8 Å². The highest BCUT2D eigenvalue weighted by atomic mass is 35.5. The van der Waals surface area contributed by atoms with E-state index in [2.05, 4.69) is 25.2 Å². The molecule has 6 heteroatoms. The van der Waals surface area contributed by atoms with E-state index in [0.29, 0.717) is 27.8 Å². The first-order valence-corrected chi connectivity index (χ1v) is 12.6. The number of benzene rings is 3. The standard InChI is InChI=1S/C30H34ClNO4/c1-19(2)14-27(24-7-5-6-20(3)15-24)32-30(35)25-17-22(9-10-23(25)11-13-29(33)34)18-36-28-16-21(4)8-12-26(28)31/h5-10,12,15-17,19,27H,11,13-14,18H2,1-4H3,(H,32,35)(H,33,34)/t27-/m1/s1. The van der Waals surface area contributed by atoms with Crippen LogP contribution < -0.4 is 10.1 Å². The normalized spacial score (nSPS) is 11.8. The fourth-order valence-corrected chi connectivity index (χ4v) is 4.31. The highest BCUT2D eigenvalue weighted by Gasteiger charge is 2.20. The molecule has 3 rings (SSSR count). The van der Waals surface area contributed by atoms with Gasteiger partial charge in [-0.1, -0.05) is 73.5 Å². The number of hydrogen-bond donors (Lipinski definition) is 2. The lowest BCUT2D eigenvalue weighted by Crippen LogP contribution is -2.30. The molecule has 0 fully saturated rings. The Morgan fingerprint density at radius 1 is 1.00 bits per heavy atom. The van der Waals surface area contributed by atoms with E-state index in [4.69, 9.17) is 16.3 Å². The summed E-state index contributed by atoms with van der Waals surface area (Å²) < 4.78 is 5.93. The van der Waals surface area contributed by atoms with Crippen molar-refractivity contribution in [3.8, 4) is 5.75 Å². The second-order valence-corrected chi connectivity index (χ2v) is 10.1. The van der Waals surface area contributed by atoms with Crippen LogP contribution in [0.2, 0.25) is 5.02 Å². The van der Waals surface area contributed by atoms with Gasteiger partial charge in [-0.05, 0) is 73.1 Å². The zero-order chi connectivity index (χ0) is 26.2. The fourth-order valence-electron chi connectivity index (χ4n) is 4.14. The van der Waals surface area contributed by atoms with Gasteiger partial charge < -0.3 is 15.2 Å². The predicted octanol–water partition coefficient (Wildman–Crippen LogP) is 7.07. The molecule has 0 unspecified atom stereocenters. The van der Waals surface area contributed by atoms with E-state index in [1.807, 2.05) is 56.3 Å². The van der Waals surface area contributed by atoms with Gasteiger partial charge in [0, 0.05) is 12.0 Å². The molecule has 0 aliphatic heterocycles. The van der Waals surface area contributed by atoms with Crippen molar-refractivity contribution in [2.75, 3.05) is 0 Å². The minimum absolute atomic E-state index is 0.0532. The summed E-state index contributed by atoms with van der Waals surface area (Å²) in [6.45, 7) is 8.48. The number of carboxylic acids is 1. The van der Waals surface area contributed by atoms with Gasteiger partial charge in [0.05, 0.1) is 11.1 Å². The molecule has 2 N–H and O–H groups in total. The van der Waals surface area contributed by atoms with Crippen LogP contribution in [0.1, 0.15) is 70.9 Å². The van der Waals surface area contributed by atoms with Gasteiger partial charge in [-0.3, -0.25) is 9.59 Å². The molecular weight excluding hydrogens is 474 g/mol. The number of hydrogen-bond acceptors (Lipinski definition) is 3. The van der Waals surface area contributed by atoms with Gasteiger partial charge in [0.1, 0.15) is 12.4 Å². The number of carboxylic acid groups (broad SMARTS) is 1. The van der Waals surface area contributed by atoms with Crippen LogP contribution in [0.15, 0.2) is 60.7 Å². The Morgan fingerprint density at radius 3 is 2.44 bits per heavy atom. The summed E-state index contributed by atoms with van der Waals surface area (Å²) in [5.74, 6) is -0.173. The summed E-state index contributed by atoms with van der Waals surface area (Å²) in [6, 6.07) is 19.0. The minimum Gasteiger partial charge on any atom is -0.487 e. The summed E-state index contributed by atoms with van der Waals surface area (Å²) in [5.41, 5.74) is 5.18. The average molecular weight is 508 g/mol. The number of halogens is 1. The van der Waals surface area contributed by atoms with Crippen LogP contribution in [0.3, 0.4) is 0 Å². The molecule has 36 heavy (non-hydrogen) atoms. The van der Waals surface area contributed by atoms with Crippen LogP contribution in [0.25, 0.3) is 0 Å². The Morgan fingerprint density at radius 2 is 1.75 bits per heavy atom. The number of ether oxygens (including phenoxy) is 1. The highest BCUT2D eigenvalue weighted by Crippen LogP contribution is 2.27. The van der Waals surface area contributed by atoms with Gasteiger partial charge in [-0.15, -0.1) is 0 Å². The Bertz CT molecular complexity index is 1220. The average Bonchev–Trinajstić information content (AvgIpc) is 2.82. The third kappa shape index (κ3) is 7.85. The Balaban J connectivity index is 1.88. The number of rotatable bonds is 11. The molecule has 0 aliphatic rings. The van der Waals surface area contributed by atoms with Crippen molar-refractivity contribution in [3.63, 3.8) is 0 Å². The molecule has 1 atom stereocenters. The van der Waals surface area contributed by atoms with E-state index >= 15 is 0 Å². The maximum atomic E-state index is 13.6. The number of nitrogens with one attached hydrogen (secondary N) is 1. The van der Waals surface area contributed by atoms with Crippen molar-refractivity contribution in [1.29, 1.82) is 0 Å². The third-order valence-electron chi connectivity index (χ3n) is 5.97. The van der Waals surface area contributed by atoms with E-state index in [-0.39, 0.29) is 31.4 Å². The number of carbonyl (C=O) groups is 2. The molecule has 0 spiro atoms. The molecule has 0 heterocycles. The molecule has 5 nitrogen and oxygen atoms in total. The van der Waals surface area contributed by atoms with Crippen molar-refractivity contribution >= 4 is 23.5 Å². The first kappa shape index (κ1) is 27.3. The first-order chi connectivity index (χ1) is 17.1. The topological polar surface area (TPSA) is 75.6 Å². The van der Waals surface area contributed by atoms with Crippen molar-refractivity contribution in [2.24, 2.45) is 5.92 Å². The summed E-state index contributed by atoms with van der Waals surface area (Å²) in [5, 5.41) is 12.9. The summed E-state index contributed by atoms with van der Waals surface area (Å²) in [7, 11) is 0. The minimum atomic E-state index is -0.902. The Labute approximate surface area is 218 Å². The molecule has 0 saturated carbocycles. The smallest absolute Gasteiger partial charge is 0.303 e. The SMILES string of the molecule is Cc1cccc([C@@H](CC(C)C)NC(=O)c2cc(COc3cc(C)ccc3Cl)ccc2CCC(=O)O)c1. The van der Waals surface area contributed by atoms with E-state index in [1.165, 1.54) is 0 Å². The van der Waals surface area contributed by atoms with Gasteiger partial charge in [0.15, 0.2) is 0 Å². The van der Waals surface area contributed by atoms with Crippen molar-refractivity contribution in [1.82, 2.24) is 5.32 Å². The largest absolute Gasteiger partial charge is 0.487 e. The fraction of sp³-hybridized carbons (Fsp3) is 0.333. The monoisotopic (exact) mass is 507 g/mol. The molecule has 0 aliphatic carbocycles. The van der Waals surface area contributed by atoms with Crippen LogP contribution in [0.4, 0.5) is 0 Å². The maximum absolute atomic E-state index is 13.6. The zero-order valence-electron chi connectivity index (χ0n) is 21.3. The van der Waals surface area contributed by atoms with Crippen LogP contribution in [-0.4, -0.2) is 17.0 Å². The summed E-state index contributed by atoms with van der Waals surface area (Å²) in [4.78, 5) is 24.8. The number of aryl methyl sites for hydroxylation is 3. The lowest BCUT2D eigenvalue weighted by Gasteiger charge is -2.23. The predicted molar refractivity (Wildman–Crippen MR) is 144 cm³/mol. The molecule has 0 radical (unpaired) electrons. The number of amides is 1. The molecular formula is C30H34ClNO4. The molecule has 3 aromatic rings. The first-order valence-electron chi connectivity index (χ1n) is 12.2. The molecule has 0 saturated heterocycles. The van der Waals surface area contributed by atoms with Crippen molar-refractivity contribution in [3.05, 3.63) is 99.1 Å². The van der Waals surface area contributed by atoms with Gasteiger partial charge in [-0.2, -0.15) is 0 Å². The Kier molecular flexibility index (Phi) is 9.54. The molecule has 0 bridgehead atoms. The van der Waals surface area contributed by atoms with Crippen LogP contribution in [-0.2, 0) is 17.8 Å². The molecule has 0 aromatic heterocycles. The van der Waals surface area contributed by atoms with E-state index in [9.17, 15) is 14.7 Å². The molecule has 3 aromatic carbocycles. The van der Waals surface area contributed by atoms with Crippen LogP contribution >= 0.6 is 11.6 Å². The van der Waals surface area contributed by atoms with Crippen molar-refractivity contribution in [2.45, 2.75) is 59.6 Å². The van der Waals surface area contributed by atoms with Crippen molar-refractivity contribution < 1.29 is 19.4 Å². The van der Waals surface area contributed by atoms with E-state index in [0.717, 1.165) is 28.7 Å². The maximum Gasteiger partial charge on any atom is 0.303 e. The van der Waals surface area contributed by atoms with E-state index in [1.54, 1.807) is 12.1 Å². The Hall–Kier alpha value is -3.31. The summed E-state index contributed by atoms with van der Waals surface area (Å²) in [6.07, 6.45) is 0.999. The van der Waals surface area contributed by atoms with Gasteiger partial charge >= 0.3 is 5.97 Å². The third-order valence-corrected chi connectivity index (χ3v) is 6.28. The van der Waals surface area contributed by atoms with Gasteiger partial charge in [0.2, 0.25) is 0 Å². The second kappa shape index (κ2) is 12.6. The number of aliphatic carboxylic acids is 1. The molecule has 190 valence electrons. The quantitative estimate of drug-likeness (QED) is 0.291. The lowest BCUT2D eigenvalue weighted by atomic mass is 9.94.